The quantitative estimate of drug-likeness (QED) is 0.711. The van der Waals surface area contributed by atoms with E-state index in [4.69, 9.17) is 9.15 Å². The lowest BCUT2D eigenvalue weighted by atomic mass is 10.2. The lowest BCUT2D eigenvalue weighted by molar-refractivity contribution is 0.340. The Hall–Kier alpha value is -1.84. The van der Waals surface area contributed by atoms with Crippen molar-refractivity contribution < 1.29 is 13.5 Å². The molecule has 0 N–H and O–H groups in total. The fourth-order valence-electron chi connectivity index (χ4n) is 1.36. The molecule has 0 saturated heterocycles. The number of rotatable bonds is 2. The van der Waals surface area contributed by atoms with Crippen LogP contribution < -0.4 is 10.4 Å². The van der Waals surface area contributed by atoms with Gasteiger partial charge < -0.3 is 9.15 Å². The summed E-state index contributed by atoms with van der Waals surface area (Å²) in [5.74, 6) is -0.0250. The van der Waals surface area contributed by atoms with Crippen molar-refractivity contribution in [2.45, 2.75) is 6.92 Å². The van der Waals surface area contributed by atoms with Crippen LogP contribution in [0.3, 0.4) is 0 Å². The van der Waals surface area contributed by atoms with E-state index in [9.17, 15) is 9.18 Å². The maximum absolute atomic E-state index is 13.3. The second-order valence-corrected chi connectivity index (χ2v) is 3.00. The molecule has 0 amide bonds. The fourth-order valence-corrected chi connectivity index (χ4v) is 1.36. The van der Waals surface area contributed by atoms with Crippen LogP contribution in [0, 0.1) is 5.82 Å². The first-order valence-corrected chi connectivity index (χ1v) is 4.57. The monoisotopic (exact) mass is 208 g/mol. The van der Waals surface area contributed by atoms with Crippen molar-refractivity contribution in [2.75, 3.05) is 6.61 Å². The van der Waals surface area contributed by atoms with Crippen LogP contribution in [-0.4, -0.2) is 6.61 Å². The molecule has 1 heterocycles. The van der Waals surface area contributed by atoms with Crippen LogP contribution in [-0.2, 0) is 0 Å². The highest BCUT2D eigenvalue weighted by atomic mass is 19.1. The summed E-state index contributed by atoms with van der Waals surface area (Å²) in [5, 5.41) is 0.276. The first kappa shape index (κ1) is 9.71. The minimum Gasteiger partial charge on any atom is -0.494 e. The van der Waals surface area contributed by atoms with Gasteiger partial charge in [0.05, 0.1) is 18.1 Å². The lowest BCUT2D eigenvalue weighted by Crippen LogP contribution is -1.99. The second-order valence-electron chi connectivity index (χ2n) is 3.00. The fraction of sp³-hybridized carbons (Fsp3) is 0.182. The van der Waals surface area contributed by atoms with Crippen LogP contribution in [0.5, 0.6) is 5.75 Å². The van der Waals surface area contributed by atoms with E-state index in [0.717, 1.165) is 6.07 Å². The average Bonchev–Trinajstić information content (AvgIpc) is 2.17. The van der Waals surface area contributed by atoms with Gasteiger partial charge in [0.1, 0.15) is 17.1 Å². The van der Waals surface area contributed by atoms with Gasteiger partial charge in [0, 0.05) is 6.07 Å². The van der Waals surface area contributed by atoms with E-state index in [1.807, 2.05) is 6.92 Å². The van der Waals surface area contributed by atoms with Gasteiger partial charge in [-0.1, -0.05) is 0 Å². The third kappa shape index (κ3) is 1.83. The largest absolute Gasteiger partial charge is 0.494 e. The maximum atomic E-state index is 13.3. The van der Waals surface area contributed by atoms with Crippen molar-refractivity contribution in [1.82, 2.24) is 0 Å². The van der Waals surface area contributed by atoms with Crippen molar-refractivity contribution in [3.8, 4) is 5.75 Å². The molecular formula is C11H9FO3. The van der Waals surface area contributed by atoms with E-state index in [0.29, 0.717) is 12.4 Å². The molecule has 0 aliphatic carbocycles. The molecule has 0 spiro atoms. The third-order valence-corrected chi connectivity index (χ3v) is 1.98. The van der Waals surface area contributed by atoms with Crippen molar-refractivity contribution in [3.05, 3.63) is 40.5 Å². The summed E-state index contributed by atoms with van der Waals surface area (Å²) in [5.41, 5.74) is -0.500. The number of hydrogen-bond donors (Lipinski definition) is 0. The van der Waals surface area contributed by atoms with Gasteiger partial charge in [-0.2, -0.15) is 0 Å². The van der Waals surface area contributed by atoms with Crippen molar-refractivity contribution in [2.24, 2.45) is 0 Å². The molecule has 78 valence electrons. The van der Waals surface area contributed by atoms with E-state index >= 15 is 0 Å². The van der Waals surface area contributed by atoms with Crippen LogP contribution in [0.4, 0.5) is 4.39 Å². The Morgan fingerprint density at radius 3 is 2.93 bits per heavy atom. The predicted molar refractivity (Wildman–Crippen MR) is 53.6 cm³/mol. The van der Waals surface area contributed by atoms with Gasteiger partial charge in [-0.05, 0) is 19.1 Å². The Kier molecular flexibility index (Phi) is 2.41. The summed E-state index contributed by atoms with van der Waals surface area (Å²) < 4.78 is 23.3. The van der Waals surface area contributed by atoms with Crippen molar-refractivity contribution >= 4 is 11.0 Å². The Morgan fingerprint density at radius 1 is 1.40 bits per heavy atom. The zero-order valence-corrected chi connectivity index (χ0v) is 8.12. The molecule has 0 saturated carbocycles. The summed E-state index contributed by atoms with van der Waals surface area (Å²) in [7, 11) is 0. The number of hydrogen-bond acceptors (Lipinski definition) is 3. The smallest absolute Gasteiger partial charge is 0.339 e. The average molecular weight is 208 g/mol. The predicted octanol–water partition coefficient (Wildman–Crippen LogP) is 2.33. The highest BCUT2D eigenvalue weighted by Crippen LogP contribution is 2.21. The highest BCUT2D eigenvalue weighted by molar-refractivity contribution is 5.78. The topological polar surface area (TPSA) is 39.4 Å². The van der Waals surface area contributed by atoms with Gasteiger partial charge in [-0.3, -0.25) is 0 Å². The van der Waals surface area contributed by atoms with Crippen LogP contribution in [0.15, 0.2) is 33.5 Å². The minimum atomic E-state index is -0.700. The number of halogens is 1. The minimum absolute atomic E-state index is 0.200. The lowest BCUT2D eigenvalue weighted by Gasteiger charge is -2.03. The van der Waals surface area contributed by atoms with Crippen LogP contribution in [0.1, 0.15) is 6.92 Å². The molecule has 2 rings (SSSR count). The van der Waals surface area contributed by atoms with Gasteiger partial charge >= 0.3 is 5.63 Å². The SMILES string of the molecule is CCOc1ccc2c(F)cc(=O)oc2c1. The summed E-state index contributed by atoms with van der Waals surface area (Å²) in [6.07, 6.45) is 0. The summed E-state index contributed by atoms with van der Waals surface area (Å²) in [4.78, 5) is 10.9. The Labute approximate surface area is 85.1 Å². The van der Waals surface area contributed by atoms with E-state index in [1.165, 1.54) is 12.1 Å². The van der Waals surface area contributed by atoms with E-state index in [1.54, 1.807) is 6.07 Å². The van der Waals surface area contributed by atoms with Crippen LogP contribution in [0.2, 0.25) is 0 Å². The Bertz CT molecular complexity index is 545. The molecule has 0 fully saturated rings. The molecule has 2 aromatic rings. The molecule has 0 atom stereocenters. The highest BCUT2D eigenvalue weighted by Gasteiger charge is 2.05. The van der Waals surface area contributed by atoms with Gasteiger partial charge in [0.15, 0.2) is 0 Å². The van der Waals surface area contributed by atoms with Crippen molar-refractivity contribution in [1.29, 1.82) is 0 Å². The summed E-state index contributed by atoms with van der Waals surface area (Å²) in [6, 6.07) is 5.49. The zero-order chi connectivity index (χ0) is 10.8. The van der Waals surface area contributed by atoms with Gasteiger partial charge in [-0.15, -0.1) is 0 Å². The first-order chi connectivity index (χ1) is 7.20. The molecule has 0 unspecified atom stereocenters. The number of fused-ring (bicyclic) bond motifs is 1. The molecule has 15 heavy (non-hydrogen) atoms. The number of benzene rings is 1. The summed E-state index contributed by atoms with van der Waals surface area (Å²) >= 11 is 0. The second kappa shape index (κ2) is 3.73. The number of ether oxygens (including phenoxy) is 1. The van der Waals surface area contributed by atoms with E-state index in [-0.39, 0.29) is 11.0 Å². The maximum Gasteiger partial charge on any atom is 0.339 e. The van der Waals surface area contributed by atoms with Crippen LogP contribution >= 0.6 is 0 Å². The Morgan fingerprint density at radius 2 is 2.20 bits per heavy atom. The molecule has 1 aromatic carbocycles. The molecule has 0 bridgehead atoms. The van der Waals surface area contributed by atoms with E-state index in [2.05, 4.69) is 0 Å². The van der Waals surface area contributed by atoms with E-state index < -0.39 is 11.4 Å². The van der Waals surface area contributed by atoms with Crippen LogP contribution in [0.25, 0.3) is 11.0 Å². The third-order valence-electron chi connectivity index (χ3n) is 1.98. The van der Waals surface area contributed by atoms with Gasteiger partial charge in [-0.25, -0.2) is 9.18 Å². The molecular weight excluding hydrogens is 199 g/mol. The first-order valence-electron chi connectivity index (χ1n) is 4.57. The Balaban J connectivity index is 2.65. The zero-order valence-electron chi connectivity index (χ0n) is 8.12. The van der Waals surface area contributed by atoms with Gasteiger partial charge in [0.25, 0.3) is 0 Å². The summed E-state index contributed by atoms with van der Waals surface area (Å²) in [6.45, 7) is 2.34. The molecule has 0 aliphatic rings. The molecule has 0 aliphatic heterocycles. The van der Waals surface area contributed by atoms with Crippen molar-refractivity contribution in [3.63, 3.8) is 0 Å². The molecule has 0 radical (unpaired) electrons. The normalized spacial score (nSPS) is 10.5. The molecule has 3 nitrogen and oxygen atoms in total. The standard InChI is InChI=1S/C11H9FO3/c1-2-14-7-3-4-8-9(12)6-11(13)15-10(8)5-7/h3-6H,2H2,1H3. The molecule has 4 heteroatoms. The van der Waals surface area contributed by atoms with Gasteiger partial charge in [0.2, 0.25) is 0 Å². The molecule has 1 aromatic heterocycles.